The first-order valence-electron chi connectivity index (χ1n) is 8.47. The van der Waals surface area contributed by atoms with Crippen LogP contribution < -0.4 is 5.32 Å². The van der Waals surface area contributed by atoms with Crippen molar-refractivity contribution in [2.75, 3.05) is 13.1 Å². The fourth-order valence-electron chi connectivity index (χ4n) is 3.56. The third-order valence-electron chi connectivity index (χ3n) is 4.83. The molecule has 1 heterocycles. The molecular weight excluding hydrogens is 256 g/mol. The molecule has 0 amide bonds. The van der Waals surface area contributed by atoms with Crippen LogP contribution in [0.5, 0.6) is 0 Å². The maximum absolute atomic E-state index is 3.78. The zero-order valence-corrected chi connectivity index (χ0v) is 14.4. The van der Waals surface area contributed by atoms with E-state index in [9.17, 15) is 0 Å². The average molecular weight is 288 g/mol. The van der Waals surface area contributed by atoms with Crippen LogP contribution in [0.2, 0.25) is 0 Å². The van der Waals surface area contributed by atoms with Crippen LogP contribution in [0.15, 0.2) is 30.3 Å². The van der Waals surface area contributed by atoms with Gasteiger partial charge in [0.05, 0.1) is 0 Å². The van der Waals surface area contributed by atoms with E-state index in [0.29, 0.717) is 23.5 Å². The van der Waals surface area contributed by atoms with Gasteiger partial charge in [-0.1, -0.05) is 64.4 Å². The normalized spacial score (nSPS) is 25.8. The summed E-state index contributed by atoms with van der Waals surface area (Å²) < 4.78 is 0. The molecule has 2 nitrogen and oxygen atoms in total. The molecule has 0 aliphatic carbocycles. The number of nitrogens with zero attached hydrogens (tertiary/aromatic N) is 1. The quantitative estimate of drug-likeness (QED) is 0.891. The summed E-state index contributed by atoms with van der Waals surface area (Å²) in [6.07, 6.45) is 2.55. The van der Waals surface area contributed by atoms with Crippen molar-refractivity contribution >= 4 is 0 Å². The van der Waals surface area contributed by atoms with Gasteiger partial charge >= 0.3 is 0 Å². The number of nitrogens with one attached hydrogen (secondary N) is 1. The Bertz CT molecular complexity index is 421. The summed E-state index contributed by atoms with van der Waals surface area (Å²) in [5, 5.41) is 3.78. The van der Waals surface area contributed by atoms with Crippen LogP contribution in [0.25, 0.3) is 0 Å². The Hall–Kier alpha value is -0.860. The third-order valence-corrected chi connectivity index (χ3v) is 4.83. The van der Waals surface area contributed by atoms with Gasteiger partial charge in [-0.05, 0) is 24.3 Å². The zero-order chi connectivity index (χ0) is 15.5. The molecule has 0 spiro atoms. The molecule has 1 aliphatic heterocycles. The molecule has 21 heavy (non-hydrogen) atoms. The second kappa shape index (κ2) is 6.93. The van der Waals surface area contributed by atoms with Crippen molar-refractivity contribution in [3.63, 3.8) is 0 Å². The lowest BCUT2D eigenvalue weighted by Crippen LogP contribution is -2.60. The van der Waals surface area contributed by atoms with E-state index in [4.69, 9.17) is 0 Å². The number of benzene rings is 1. The molecule has 0 bridgehead atoms. The molecule has 3 unspecified atom stereocenters. The summed E-state index contributed by atoms with van der Waals surface area (Å²) in [5.41, 5.74) is 1.73. The second-order valence-corrected chi connectivity index (χ2v) is 7.59. The molecule has 1 aliphatic rings. The lowest BCUT2D eigenvalue weighted by atomic mass is 9.82. The first kappa shape index (κ1) is 16.5. The van der Waals surface area contributed by atoms with Crippen LogP contribution in [-0.4, -0.2) is 30.1 Å². The molecule has 1 fully saturated rings. The SMILES string of the molecule is CCCC(C)N1CC(c2ccccc2)NCC1C(C)(C)C. The fraction of sp³-hybridized carbons (Fsp3) is 0.684. The fourth-order valence-corrected chi connectivity index (χ4v) is 3.56. The second-order valence-electron chi connectivity index (χ2n) is 7.59. The highest BCUT2D eigenvalue weighted by Gasteiger charge is 2.37. The Morgan fingerprint density at radius 2 is 1.90 bits per heavy atom. The van der Waals surface area contributed by atoms with Crippen LogP contribution in [0.4, 0.5) is 0 Å². The van der Waals surface area contributed by atoms with Crippen molar-refractivity contribution in [1.29, 1.82) is 0 Å². The molecular formula is C19H32N2. The number of piperazine rings is 1. The maximum atomic E-state index is 3.78. The van der Waals surface area contributed by atoms with Gasteiger partial charge in [-0.3, -0.25) is 4.90 Å². The van der Waals surface area contributed by atoms with Gasteiger partial charge in [0.15, 0.2) is 0 Å². The maximum Gasteiger partial charge on any atom is 0.0450 e. The van der Waals surface area contributed by atoms with Gasteiger partial charge in [0, 0.05) is 31.2 Å². The number of hydrogen-bond donors (Lipinski definition) is 1. The van der Waals surface area contributed by atoms with Gasteiger partial charge < -0.3 is 5.32 Å². The van der Waals surface area contributed by atoms with Gasteiger partial charge in [-0.15, -0.1) is 0 Å². The Kier molecular flexibility index (Phi) is 5.45. The molecule has 1 aromatic carbocycles. The molecule has 1 N–H and O–H groups in total. The van der Waals surface area contributed by atoms with Crippen molar-refractivity contribution in [2.45, 2.75) is 65.6 Å². The summed E-state index contributed by atoms with van der Waals surface area (Å²) in [6, 6.07) is 12.6. The Labute approximate surface area is 130 Å². The van der Waals surface area contributed by atoms with E-state index in [2.05, 4.69) is 75.2 Å². The van der Waals surface area contributed by atoms with E-state index in [1.54, 1.807) is 0 Å². The molecule has 118 valence electrons. The molecule has 1 aromatic rings. The van der Waals surface area contributed by atoms with Crippen molar-refractivity contribution in [3.8, 4) is 0 Å². The van der Waals surface area contributed by atoms with Crippen LogP contribution in [0.1, 0.15) is 59.1 Å². The minimum absolute atomic E-state index is 0.316. The Morgan fingerprint density at radius 3 is 2.48 bits per heavy atom. The van der Waals surface area contributed by atoms with Crippen LogP contribution >= 0.6 is 0 Å². The molecule has 0 radical (unpaired) electrons. The first-order chi connectivity index (χ1) is 9.93. The monoisotopic (exact) mass is 288 g/mol. The lowest BCUT2D eigenvalue weighted by Gasteiger charge is -2.49. The van der Waals surface area contributed by atoms with E-state index >= 15 is 0 Å². The first-order valence-corrected chi connectivity index (χ1v) is 8.47. The Balaban J connectivity index is 2.16. The van der Waals surface area contributed by atoms with Crippen LogP contribution in [-0.2, 0) is 0 Å². The minimum atomic E-state index is 0.316. The highest BCUT2D eigenvalue weighted by molar-refractivity contribution is 5.20. The van der Waals surface area contributed by atoms with Crippen molar-refractivity contribution in [3.05, 3.63) is 35.9 Å². The standard InChI is InChI=1S/C19H32N2/c1-6-10-15(2)21-14-17(16-11-8-7-9-12-16)20-13-18(21)19(3,4)5/h7-9,11-12,15,17-18,20H,6,10,13-14H2,1-5H3. The van der Waals surface area contributed by atoms with E-state index < -0.39 is 0 Å². The predicted octanol–water partition coefficient (Wildman–Crippen LogP) is 4.24. The van der Waals surface area contributed by atoms with Crippen LogP contribution in [0, 0.1) is 5.41 Å². The number of hydrogen-bond acceptors (Lipinski definition) is 2. The van der Waals surface area contributed by atoms with Gasteiger partial charge in [0.25, 0.3) is 0 Å². The predicted molar refractivity (Wildman–Crippen MR) is 91.5 cm³/mol. The minimum Gasteiger partial charge on any atom is -0.307 e. The van der Waals surface area contributed by atoms with Gasteiger partial charge in [0.1, 0.15) is 0 Å². The molecule has 2 rings (SSSR count). The van der Waals surface area contributed by atoms with Gasteiger partial charge in [0.2, 0.25) is 0 Å². The molecule has 0 saturated carbocycles. The van der Waals surface area contributed by atoms with E-state index in [1.807, 2.05) is 0 Å². The van der Waals surface area contributed by atoms with E-state index in [1.165, 1.54) is 18.4 Å². The third kappa shape index (κ3) is 4.08. The van der Waals surface area contributed by atoms with Crippen LogP contribution in [0.3, 0.4) is 0 Å². The summed E-state index contributed by atoms with van der Waals surface area (Å²) in [6.45, 7) is 14.0. The van der Waals surface area contributed by atoms with Gasteiger partial charge in [-0.25, -0.2) is 0 Å². The zero-order valence-electron chi connectivity index (χ0n) is 14.4. The average Bonchev–Trinajstić information content (AvgIpc) is 2.47. The van der Waals surface area contributed by atoms with Crippen molar-refractivity contribution in [2.24, 2.45) is 5.41 Å². The molecule has 0 aromatic heterocycles. The lowest BCUT2D eigenvalue weighted by molar-refractivity contribution is 0.0227. The largest absolute Gasteiger partial charge is 0.307 e. The summed E-state index contributed by atoms with van der Waals surface area (Å²) in [4.78, 5) is 2.75. The summed E-state index contributed by atoms with van der Waals surface area (Å²) in [5.74, 6) is 0. The Morgan fingerprint density at radius 1 is 1.24 bits per heavy atom. The van der Waals surface area contributed by atoms with Crippen molar-refractivity contribution < 1.29 is 0 Å². The molecule has 2 heteroatoms. The molecule has 3 atom stereocenters. The smallest absolute Gasteiger partial charge is 0.0450 e. The van der Waals surface area contributed by atoms with Gasteiger partial charge in [-0.2, -0.15) is 0 Å². The highest BCUT2D eigenvalue weighted by Crippen LogP contribution is 2.32. The highest BCUT2D eigenvalue weighted by atomic mass is 15.3. The summed E-state index contributed by atoms with van der Waals surface area (Å²) in [7, 11) is 0. The summed E-state index contributed by atoms with van der Waals surface area (Å²) >= 11 is 0. The topological polar surface area (TPSA) is 15.3 Å². The number of rotatable bonds is 4. The van der Waals surface area contributed by atoms with E-state index in [0.717, 1.165) is 13.1 Å². The molecule has 1 saturated heterocycles. The van der Waals surface area contributed by atoms with E-state index in [-0.39, 0.29) is 0 Å². The van der Waals surface area contributed by atoms with Crippen molar-refractivity contribution in [1.82, 2.24) is 10.2 Å².